The smallest absolute Gasteiger partial charge is 0.0468 e. The van der Waals surface area contributed by atoms with E-state index in [0.29, 0.717) is 0 Å². The van der Waals surface area contributed by atoms with Crippen LogP contribution in [0.5, 0.6) is 0 Å². The lowest BCUT2D eigenvalue weighted by Crippen LogP contribution is -2.36. The Morgan fingerprint density at radius 2 is 1.81 bits per heavy atom. The highest BCUT2D eigenvalue weighted by molar-refractivity contribution is 4.84. The third-order valence-electron chi connectivity index (χ3n) is 5.93. The van der Waals surface area contributed by atoms with Gasteiger partial charge in [0.25, 0.3) is 0 Å². The van der Waals surface area contributed by atoms with Crippen LogP contribution in [-0.2, 0) is 4.74 Å². The molecule has 0 aromatic carbocycles. The zero-order valence-corrected chi connectivity index (χ0v) is 14.6. The van der Waals surface area contributed by atoms with Gasteiger partial charge in [0.05, 0.1) is 0 Å². The minimum absolute atomic E-state index is 0.867. The molecule has 2 nitrogen and oxygen atoms in total. The summed E-state index contributed by atoms with van der Waals surface area (Å²) in [7, 11) is 0. The van der Waals surface area contributed by atoms with E-state index in [1.807, 2.05) is 0 Å². The van der Waals surface area contributed by atoms with Gasteiger partial charge < -0.3 is 10.1 Å². The minimum Gasteiger partial charge on any atom is -0.381 e. The van der Waals surface area contributed by atoms with E-state index in [0.717, 1.165) is 42.8 Å². The summed E-state index contributed by atoms with van der Waals surface area (Å²) in [5, 5.41) is 3.69. The molecule has 1 aliphatic heterocycles. The van der Waals surface area contributed by atoms with Crippen LogP contribution in [0.25, 0.3) is 0 Å². The van der Waals surface area contributed by atoms with Gasteiger partial charge in [0.2, 0.25) is 0 Å². The summed E-state index contributed by atoms with van der Waals surface area (Å²) in [5.74, 6) is 4.65. The molecule has 0 spiro atoms. The van der Waals surface area contributed by atoms with Crippen molar-refractivity contribution < 1.29 is 4.74 Å². The molecule has 3 atom stereocenters. The predicted molar refractivity (Wildman–Crippen MR) is 90.5 cm³/mol. The summed E-state index contributed by atoms with van der Waals surface area (Å²) >= 11 is 0. The molecule has 1 N–H and O–H groups in total. The summed E-state index contributed by atoms with van der Waals surface area (Å²) in [5.41, 5.74) is 0. The second-order valence-corrected chi connectivity index (χ2v) is 7.83. The highest BCUT2D eigenvalue weighted by Gasteiger charge is 2.33. The molecule has 1 aliphatic carbocycles. The van der Waals surface area contributed by atoms with E-state index in [2.05, 4.69) is 26.1 Å². The van der Waals surface area contributed by atoms with Gasteiger partial charge in [-0.25, -0.2) is 0 Å². The van der Waals surface area contributed by atoms with E-state index in [9.17, 15) is 0 Å². The fourth-order valence-corrected chi connectivity index (χ4v) is 4.40. The first-order chi connectivity index (χ1) is 10.2. The van der Waals surface area contributed by atoms with E-state index in [1.54, 1.807) is 0 Å². The van der Waals surface area contributed by atoms with Crippen LogP contribution in [0.2, 0.25) is 0 Å². The Balaban J connectivity index is 1.87. The largest absolute Gasteiger partial charge is 0.381 e. The first-order valence-corrected chi connectivity index (χ1v) is 9.49. The van der Waals surface area contributed by atoms with Crippen molar-refractivity contribution in [3.8, 4) is 0 Å². The maximum absolute atomic E-state index is 5.54. The van der Waals surface area contributed by atoms with Crippen LogP contribution < -0.4 is 5.32 Å². The summed E-state index contributed by atoms with van der Waals surface area (Å²) < 4.78 is 5.54. The normalized spacial score (nSPS) is 31.7. The number of rotatable bonds is 7. The molecule has 1 heterocycles. The van der Waals surface area contributed by atoms with Crippen molar-refractivity contribution in [2.75, 3.05) is 26.3 Å². The van der Waals surface area contributed by atoms with Gasteiger partial charge in [0.1, 0.15) is 0 Å². The fraction of sp³-hybridized carbons (Fsp3) is 1.00. The van der Waals surface area contributed by atoms with Gasteiger partial charge >= 0.3 is 0 Å². The van der Waals surface area contributed by atoms with E-state index in [-0.39, 0.29) is 0 Å². The van der Waals surface area contributed by atoms with E-state index in [4.69, 9.17) is 4.74 Å². The van der Waals surface area contributed by atoms with Gasteiger partial charge in [-0.3, -0.25) is 0 Å². The van der Waals surface area contributed by atoms with Crippen molar-refractivity contribution >= 4 is 0 Å². The maximum atomic E-state index is 5.54. The standard InChI is InChI=1S/C19H37NO/c1-4-9-20-14-18-6-5-17(15(2)3)13-19(18)12-16-7-10-21-11-8-16/h15-20H,4-14H2,1-3H3. The molecule has 3 unspecified atom stereocenters. The monoisotopic (exact) mass is 295 g/mol. The van der Waals surface area contributed by atoms with Crippen molar-refractivity contribution in [2.45, 2.75) is 65.7 Å². The van der Waals surface area contributed by atoms with Crippen LogP contribution in [0.15, 0.2) is 0 Å². The Labute approximate surface area is 132 Å². The molecule has 1 saturated carbocycles. The van der Waals surface area contributed by atoms with Crippen molar-refractivity contribution in [1.29, 1.82) is 0 Å². The highest BCUT2D eigenvalue weighted by Crippen LogP contribution is 2.41. The number of hydrogen-bond donors (Lipinski definition) is 1. The average molecular weight is 296 g/mol. The van der Waals surface area contributed by atoms with Gasteiger partial charge in [0.15, 0.2) is 0 Å². The van der Waals surface area contributed by atoms with Crippen LogP contribution in [-0.4, -0.2) is 26.3 Å². The molecule has 2 aliphatic rings. The summed E-state index contributed by atoms with van der Waals surface area (Å²) in [6, 6.07) is 0. The molecule has 2 heteroatoms. The topological polar surface area (TPSA) is 21.3 Å². The van der Waals surface area contributed by atoms with Crippen LogP contribution in [0, 0.1) is 29.6 Å². The molecule has 21 heavy (non-hydrogen) atoms. The van der Waals surface area contributed by atoms with Gasteiger partial charge in [-0.15, -0.1) is 0 Å². The zero-order valence-electron chi connectivity index (χ0n) is 14.6. The first kappa shape index (κ1) is 17.3. The molecule has 1 saturated heterocycles. The zero-order chi connectivity index (χ0) is 15.1. The quantitative estimate of drug-likeness (QED) is 0.699. The second-order valence-electron chi connectivity index (χ2n) is 7.83. The van der Waals surface area contributed by atoms with Crippen LogP contribution in [0.1, 0.15) is 65.7 Å². The SMILES string of the molecule is CCCNCC1CCC(C(C)C)CC1CC1CCOCC1. The van der Waals surface area contributed by atoms with Gasteiger partial charge in [-0.1, -0.05) is 20.8 Å². The lowest BCUT2D eigenvalue weighted by atomic mass is 9.67. The maximum Gasteiger partial charge on any atom is 0.0468 e. The lowest BCUT2D eigenvalue weighted by Gasteiger charge is -2.40. The number of ether oxygens (including phenoxy) is 1. The summed E-state index contributed by atoms with van der Waals surface area (Å²) in [6.45, 7) is 11.6. The molecule has 0 aromatic rings. The molecular weight excluding hydrogens is 258 g/mol. The van der Waals surface area contributed by atoms with E-state index in [1.165, 1.54) is 58.0 Å². The lowest BCUT2D eigenvalue weighted by molar-refractivity contribution is 0.0435. The Kier molecular flexibility index (Phi) is 7.53. The van der Waals surface area contributed by atoms with E-state index >= 15 is 0 Å². The van der Waals surface area contributed by atoms with E-state index < -0.39 is 0 Å². The summed E-state index contributed by atoms with van der Waals surface area (Å²) in [4.78, 5) is 0. The van der Waals surface area contributed by atoms with Crippen molar-refractivity contribution in [1.82, 2.24) is 5.32 Å². The third kappa shape index (κ3) is 5.56. The molecule has 0 amide bonds. The first-order valence-electron chi connectivity index (χ1n) is 9.49. The Hall–Kier alpha value is -0.0800. The van der Waals surface area contributed by atoms with Gasteiger partial charge in [0, 0.05) is 13.2 Å². The predicted octanol–water partition coefficient (Wildman–Crippen LogP) is 4.49. The number of hydrogen-bond acceptors (Lipinski definition) is 2. The van der Waals surface area contributed by atoms with Gasteiger partial charge in [-0.05, 0) is 87.6 Å². The van der Waals surface area contributed by atoms with Crippen LogP contribution in [0.4, 0.5) is 0 Å². The second kappa shape index (κ2) is 9.15. The molecule has 0 bridgehead atoms. The van der Waals surface area contributed by atoms with Gasteiger partial charge in [-0.2, -0.15) is 0 Å². The number of nitrogens with one attached hydrogen (secondary N) is 1. The van der Waals surface area contributed by atoms with Crippen LogP contribution >= 0.6 is 0 Å². The molecule has 0 aromatic heterocycles. The van der Waals surface area contributed by atoms with Crippen molar-refractivity contribution in [3.05, 3.63) is 0 Å². The van der Waals surface area contributed by atoms with Crippen molar-refractivity contribution in [3.63, 3.8) is 0 Å². The molecule has 0 radical (unpaired) electrons. The Bertz CT molecular complexity index is 273. The third-order valence-corrected chi connectivity index (χ3v) is 5.93. The molecule has 2 rings (SSSR count). The Morgan fingerprint density at radius 3 is 2.48 bits per heavy atom. The molecule has 124 valence electrons. The summed E-state index contributed by atoms with van der Waals surface area (Å²) in [6.07, 6.45) is 9.72. The van der Waals surface area contributed by atoms with Crippen LogP contribution in [0.3, 0.4) is 0 Å². The molecule has 2 fully saturated rings. The molecular formula is C19H37NO. The Morgan fingerprint density at radius 1 is 1.05 bits per heavy atom. The highest BCUT2D eigenvalue weighted by atomic mass is 16.5. The average Bonchev–Trinajstić information content (AvgIpc) is 2.50. The van der Waals surface area contributed by atoms with Crippen molar-refractivity contribution in [2.24, 2.45) is 29.6 Å². The minimum atomic E-state index is 0.867. The fourth-order valence-electron chi connectivity index (χ4n) is 4.40.